The Morgan fingerprint density at radius 2 is 1.70 bits per heavy atom. The molecule has 0 spiro atoms. The highest BCUT2D eigenvalue weighted by atomic mass is 32.2. The summed E-state index contributed by atoms with van der Waals surface area (Å²) in [6.45, 7) is -3.02. The van der Waals surface area contributed by atoms with Crippen molar-refractivity contribution >= 4 is 21.6 Å². The summed E-state index contributed by atoms with van der Waals surface area (Å²) >= 11 is 0. The Bertz CT molecular complexity index is 975. The molecule has 0 saturated heterocycles. The predicted octanol–water partition coefficient (Wildman–Crippen LogP) is 4.49. The van der Waals surface area contributed by atoms with Gasteiger partial charge in [0.1, 0.15) is 5.75 Å². The molecule has 2 aromatic rings. The normalized spacial score (nSPS) is 15.4. The van der Waals surface area contributed by atoms with Crippen molar-refractivity contribution in [2.24, 2.45) is 0 Å². The average Bonchev–Trinajstić information content (AvgIpc) is 2.75. The second-order valence-electron chi connectivity index (χ2n) is 7.17. The third-order valence-electron chi connectivity index (χ3n) is 5.23. The van der Waals surface area contributed by atoms with E-state index in [9.17, 15) is 22.0 Å². The van der Waals surface area contributed by atoms with Crippen molar-refractivity contribution in [3.05, 3.63) is 54.1 Å². The fraction of sp³-hybridized carbons (Fsp3) is 0.381. The number of alkyl halides is 2. The van der Waals surface area contributed by atoms with Crippen LogP contribution in [0.25, 0.3) is 0 Å². The zero-order valence-corrected chi connectivity index (χ0v) is 17.4. The number of anilines is 1. The van der Waals surface area contributed by atoms with Crippen molar-refractivity contribution in [3.63, 3.8) is 0 Å². The molecular formula is C21H24F2N2O4S. The van der Waals surface area contributed by atoms with Crippen LogP contribution in [0.5, 0.6) is 5.75 Å². The van der Waals surface area contributed by atoms with E-state index in [0.717, 1.165) is 32.1 Å². The summed E-state index contributed by atoms with van der Waals surface area (Å²) in [7, 11) is -2.07. The molecule has 0 radical (unpaired) electrons. The molecule has 162 valence electrons. The Morgan fingerprint density at radius 1 is 1.07 bits per heavy atom. The molecule has 1 aliphatic carbocycles. The highest BCUT2D eigenvalue weighted by Gasteiger charge is 2.29. The standard InChI is InChI=1S/C21H24F2N2O4S/c1-25(16-7-3-2-4-8-16)30(27,28)17-13-11-15(12-14-17)20(26)24-18-9-5-6-10-19(18)29-21(22)23/h5-6,9-14,16,21H,2-4,7-8H2,1H3,(H,24,26). The number of amides is 1. The molecule has 0 heterocycles. The lowest BCUT2D eigenvalue weighted by Crippen LogP contribution is -2.38. The molecule has 9 heteroatoms. The number of carbonyl (C=O) groups excluding carboxylic acids is 1. The molecule has 0 aliphatic heterocycles. The van der Waals surface area contributed by atoms with E-state index in [-0.39, 0.29) is 27.9 Å². The van der Waals surface area contributed by atoms with Crippen LogP contribution in [0, 0.1) is 0 Å². The Morgan fingerprint density at radius 3 is 2.33 bits per heavy atom. The van der Waals surface area contributed by atoms with Crippen molar-refractivity contribution in [1.29, 1.82) is 0 Å². The lowest BCUT2D eigenvalue weighted by molar-refractivity contribution is -0.0493. The van der Waals surface area contributed by atoms with Gasteiger partial charge < -0.3 is 10.1 Å². The number of nitrogens with one attached hydrogen (secondary N) is 1. The molecule has 0 atom stereocenters. The van der Waals surface area contributed by atoms with Gasteiger partial charge in [-0.05, 0) is 49.2 Å². The zero-order valence-electron chi connectivity index (χ0n) is 16.6. The first-order valence-corrected chi connectivity index (χ1v) is 11.2. The van der Waals surface area contributed by atoms with Gasteiger partial charge in [-0.1, -0.05) is 31.4 Å². The number of benzene rings is 2. The molecule has 0 unspecified atom stereocenters. The van der Waals surface area contributed by atoms with Gasteiger partial charge >= 0.3 is 6.61 Å². The molecule has 2 aromatic carbocycles. The Balaban J connectivity index is 1.73. The van der Waals surface area contributed by atoms with E-state index < -0.39 is 22.5 Å². The Hall–Kier alpha value is -2.52. The highest BCUT2D eigenvalue weighted by molar-refractivity contribution is 7.89. The van der Waals surface area contributed by atoms with Crippen LogP contribution in [-0.2, 0) is 10.0 Å². The van der Waals surface area contributed by atoms with Gasteiger partial charge in [0.15, 0.2) is 0 Å². The first-order valence-electron chi connectivity index (χ1n) is 9.72. The largest absolute Gasteiger partial charge is 0.433 e. The topological polar surface area (TPSA) is 75.7 Å². The predicted molar refractivity (Wildman–Crippen MR) is 109 cm³/mol. The van der Waals surface area contributed by atoms with Crippen LogP contribution in [0.2, 0.25) is 0 Å². The number of ether oxygens (including phenoxy) is 1. The van der Waals surface area contributed by atoms with Gasteiger partial charge in [-0.25, -0.2) is 8.42 Å². The highest BCUT2D eigenvalue weighted by Crippen LogP contribution is 2.28. The maximum absolute atomic E-state index is 12.9. The van der Waals surface area contributed by atoms with Crippen LogP contribution in [0.1, 0.15) is 42.5 Å². The van der Waals surface area contributed by atoms with Gasteiger partial charge in [0, 0.05) is 18.7 Å². The van der Waals surface area contributed by atoms with E-state index in [0.29, 0.717) is 0 Å². The van der Waals surface area contributed by atoms with E-state index in [4.69, 9.17) is 0 Å². The molecule has 0 aromatic heterocycles. The number of hydrogen-bond acceptors (Lipinski definition) is 4. The molecule has 1 saturated carbocycles. The summed E-state index contributed by atoms with van der Waals surface area (Å²) in [5.74, 6) is -0.723. The quantitative estimate of drug-likeness (QED) is 0.691. The van der Waals surface area contributed by atoms with Gasteiger partial charge in [0.25, 0.3) is 5.91 Å². The maximum atomic E-state index is 12.9. The van der Waals surface area contributed by atoms with Crippen LogP contribution < -0.4 is 10.1 Å². The number of carbonyl (C=O) groups is 1. The fourth-order valence-electron chi connectivity index (χ4n) is 3.55. The molecule has 3 rings (SSSR count). The first-order chi connectivity index (χ1) is 14.3. The number of sulfonamides is 1. The Labute approximate surface area is 174 Å². The second-order valence-corrected chi connectivity index (χ2v) is 9.16. The molecule has 6 nitrogen and oxygen atoms in total. The molecular weight excluding hydrogens is 414 g/mol. The van der Waals surface area contributed by atoms with E-state index in [1.165, 1.54) is 46.8 Å². The van der Waals surface area contributed by atoms with Crippen LogP contribution in [-0.4, -0.2) is 38.3 Å². The number of halogens is 2. The second kappa shape index (κ2) is 9.53. The van der Waals surface area contributed by atoms with Gasteiger partial charge in [-0.3, -0.25) is 4.79 Å². The van der Waals surface area contributed by atoms with E-state index in [1.54, 1.807) is 13.1 Å². The van der Waals surface area contributed by atoms with Gasteiger partial charge in [-0.2, -0.15) is 13.1 Å². The number of hydrogen-bond donors (Lipinski definition) is 1. The van der Waals surface area contributed by atoms with Crippen LogP contribution >= 0.6 is 0 Å². The molecule has 30 heavy (non-hydrogen) atoms. The first kappa shape index (κ1) is 22.2. The van der Waals surface area contributed by atoms with Crippen LogP contribution in [0.4, 0.5) is 14.5 Å². The van der Waals surface area contributed by atoms with Crippen LogP contribution in [0.3, 0.4) is 0 Å². The van der Waals surface area contributed by atoms with Crippen molar-refractivity contribution < 1.29 is 26.7 Å². The molecule has 1 amide bonds. The average molecular weight is 438 g/mol. The van der Waals surface area contributed by atoms with E-state index in [1.807, 2.05) is 0 Å². The monoisotopic (exact) mass is 438 g/mol. The summed E-state index contributed by atoms with van der Waals surface area (Å²) in [5, 5.41) is 2.51. The molecule has 1 aliphatic rings. The van der Waals surface area contributed by atoms with E-state index in [2.05, 4.69) is 10.1 Å². The van der Waals surface area contributed by atoms with Crippen molar-refractivity contribution in [2.75, 3.05) is 12.4 Å². The molecule has 1 fully saturated rings. The third kappa shape index (κ3) is 5.14. The lowest BCUT2D eigenvalue weighted by atomic mass is 9.96. The Kier molecular flexibility index (Phi) is 7.04. The van der Waals surface area contributed by atoms with Crippen LogP contribution in [0.15, 0.2) is 53.4 Å². The summed E-state index contributed by atoms with van der Waals surface area (Å²) < 4.78 is 56.6. The SMILES string of the molecule is CN(C1CCCCC1)S(=O)(=O)c1ccc(C(=O)Nc2ccccc2OC(F)F)cc1. The fourth-order valence-corrected chi connectivity index (χ4v) is 4.96. The summed E-state index contributed by atoms with van der Waals surface area (Å²) in [6.07, 6.45) is 4.84. The zero-order chi connectivity index (χ0) is 21.7. The van der Waals surface area contributed by atoms with E-state index >= 15 is 0 Å². The van der Waals surface area contributed by atoms with Gasteiger partial charge in [0.2, 0.25) is 10.0 Å². The van der Waals surface area contributed by atoms with Crippen molar-refractivity contribution in [2.45, 2.75) is 49.7 Å². The smallest absolute Gasteiger partial charge is 0.387 e. The summed E-state index contributed by atoms with van der Waals surface area (Å²) in [4.78, 5) is 12.6. The third-order valence-corrected chi connectivity index (χ3v) is 7.16. The maximum Gasteiger partial charge on any atom is 0.387 e. The molecule has 0 bridgehead atoms. The number of nitrogens with zero attached hydrogens (tertiary/aromatic N) is 1. The van der Waals surface area contributed by atoms with Crippen molar-refractivity contribution in [1.82, 2.24) is 4.31 Å². The minimum atomic E-state index is -3.66. The summed E-state index contributed by atoms with van der Waals surface area (Å²) in [5.41, 5.74) is 0.289. The van der Waals surface area contributed by atoms with Gasteiger partial charge in [0.05, 0.1) is 10.6 Å². The minimum Gasteiger partial charge on any atom is -0.433 e. The molecule has 1 N–H and O–H groups in total. The summed E-state index contributed by atoms with van der Waals surface area (Å²) in [6, 6.07) is 11.4. The lowest BCUT2D eigenvalue weighted by Gasteiger charge is -2.30. The number of rotatable bonds is 7. The minimum absolute atomic E-state index is 0.0157. The van der Waals surface area contributed by atoms with Crippen molar-refractivity contribution in [3.8, 4) is 5.75 Å². The number of para-hydroxylation sites is 2. The van der Waals surface area contributed by atoms with Gasteiger partial charge in [-0.15, -0.1) is 0 Å².